The van der Waals surface area contributed by atoms with Crippen LogP contribution in [0.3, 0.4) is 0 Å². The van der Waals surface area contributed by atoms with E-state index in [1.807, 2.05) is 6.07 Å². The molecule has 1 unspecified atom stereocenters. The Morgan fingerprint density at radius 3 is 2.94 bits per heavy atom. The quantitative estimate of drug-likeness (QED) is 0.846. The lowest BCUT2D eigenvalue weighted by Gasteiger charge is -2.18. The van der Waals surface area contributed by atoms with Gasteiger partial charge in [-0.15, -0.1) is 0 Å². The van der Waals surface area contributed by atoms with Gasteiger partial charge >= 0.3 is 5.97 Å². The Hall–Kier alpha value is -2.09. The monoisotopic (exact) mass is 245 g/mol. The summed E-state index contributed by atoms with van der Waals surface area (Å²) in [6.07, 6.45) is 4.07. The van der Waals surface area contributed by atoms with Gasteiger partial charge in [0.25, 0.3) is 0 Å². The summed E-state index contributed by atoms with van der Waals surface area (Å²) in [4.78, 5) is 15.2. The highest BCUT2D eigenvalue weighted by molar-refractivity contribution is 5.77. The van der Waals surface area contributed by atoms with E-state index in [0.717, 1.165) is 36.9 Å². The molecular weight excluding hydrogens is 230 g/mol. The summed E-state index contributed by atoms with van der Waals surface area (Å²) in [7, 11) is 0. The molecule has 0 spiro atoms. The highest BCUT2D eigenvalue weighted by atomic mass is 16.4. The summed E-state index contributed by atoms with van der Waals surface area (Å²) >= 11 is 0. The minimum atomic E-state index is -0.960. The van der Waals surface area contributed by atoms with Gasteiger partial charge in [0, 0.05) is 5.69 Å². The molecule has 0 amide bonds. The van der Waals surface area contributed by atoms with Crippen LogP contribution < -0.4 is 5.32 Å². The standard InChI is InChI=1S/C13H15N3O2/c1-8(13(17)18)15-12-10(7-14)6-9-4-2-3-5-11(9)16-12/h6,8H,2-5H2,1H3,(H,15,16)(H,17,18). The molecule has 2 rings (SSSR count). The number of anilines is 1. The van der Waals surface area contributed by atoms with Crippen LogP contribution in [0.15, 0.2) is 6.07 Å². The molecular formula is C13H15N3O2. The third-order valence-electron chi connectivity index (χ3n) is 3.14. The maximum Gasteiger partial charge on any atom is 0.325 e. The summed E-state index contributed by atoms with van der Waals surface area (Å²) in [6, 6.07) is 3.15. The lowest BCUT2D eigenvalue weighted by molar-refractivity contribution is -0.137. The number of hydrogen-bond acceptors (Lipinski definition) is 4. The number of carbonyl (C=O) groups is 1. The zero-order chi connectivity index (χ0) is 13.1. The van der Waals surface area contributed by atoms with Gasteiger partial charge in [-0.3, -0.25) is 4.79 Å². The summed E-state index contributed by atoms with van der Waals surface area (Å²) < 4.78 is 0. The molecule has 5 heteroatoms. The largest absolute Gasteiger partial charge is 0.480 e. The first-order valence-electron chi connectivity index (χ1n) is 6.04. The van der Waals surface area contributed by atoms with Crippen molar-refractivity contribution in [3.63, 3.8) is 0 Å². The number of fused-ring (bicyclic) bond motifs is 1. The number of aryl methyl sites for hydroxylation is 2. The average molecular weight is 245 g/mol. The smallest absolute Gasteiger partial charge is 0.325 e. The molecule has 1 heterocycles. The van der Waals surface area contributed by atoms with Crippen molar-refractivity contribution in [3.8, 4) is 6.07 Å². The number of nitrogens with one attached hydrogen (secondary N) is 1. The van der Waals surface area contributed by atoms with Crippen molar-refractivity contribution in [2.45, 2.75) is 38.6 Å². The number of pyridine rings is 1. The topological polar surface area (TPSA) is 86.0 Å². The Bertz CT molecular complexity index is 520. The van der Waals surface area contributed by atoms with Gasteiger partial charge in [0.1, 0.15) is 17.9 Å². The SMILES string of the molecule is CC(Nc1nc2c(cc1C#N)CCCC2)C(=O)O. The maximum atomic E-state index is 10.8. The number of aliphatic carboxylic acids is 1. The Morgan fingerprint density at radius 1 is 1.56 bits per heavy atom. The molecule has 0 radical (unpaired) electrons. The van der Waals surface area contributed by atoms with Crippen molar-refractivity contribution in [1.82, 2.24) is 4.98 Å². The molecule has 1 aromatic rings. The summed E-state index contributed by atoms with van der Waals surface area (Å²) in [5.41, 5.74) is 2.52. The fourth-order valence-corrected chi connectivity index (χ4v) is 2.10. The van der Waals surface area contributed by atoms with Gasteiger partial charge < -0.3 is 10.4 Å². The van der Waals surface area contributed by atoms with E-state index in [-0.39, 0.29) is 0 Å². The first-order valence-corrected chi connectivity index (χ1v) is 6.04. The van der Waals surface area contributed by atoms with Gasteiger partial charge in [-0.1, -0.05) is 0 Å². The van der Waals surface area contributed by atoms with Crippen LogP contribution in [0.4, 0.5) is 5.82 Å². The second-order valence-corrected chi connectivity index (χ2v) is 4.51. The normalized spacial score (nSPS) is 15.3. The Labute approximate surface area is 105 Å². The fourth-order valence-electron chi connectivity index (χ4n) is 2.10. The predicted octanol–water partition coefficient (Wildman–Crippen LogP) is 1.72. The van der Waals surface area contributed by atoms with E-state index in [9.17, 15) is 4.79 Å². The van der Waals surface area contributed by atoms with Crippen LogP contribution >= 0.6 is 0 Å². The van der Waals surface area contributed by atoms with E-state index >= 15 is 0 Å². The molecule has 0 aromatic carbocycles. The van der Waals surface area contributed by atoms with Gasteiger partial charge in [0.2, 0.25) is 0 Å². The summed E-state index contributed by atoms with van der Waals surface area (Å²) in [5.74, 6) is -0.577. The lowest BCUT2D eigenvalue weighted by Crippen LogP contribution is -2.27. The third-order valence-corrected chi connectivity index (χ3v) is 3.14. The van der Waals surface area contributed by atoms with Crippen molar-refractivity contribution in [2.24, 2.45) is 0 Å². The molecule has 18 heavy (non-hydrogen) atoms. The molecule has 5 nitrogen and oxygen atoms in total. The number of carboxylic acid groups (broad SMARTS) is 1. The summed E-state index contributed by atoms with van der Waals surface area (Å²) in [6.45, 7) is 1.53. The molecule has 1 aliphatic rings. The van der Waals surface area contributed by atoms with Gasteiger partial charge in [-0.2, -0.15) is 5.26 Å². The van der Waals surface area contributed by atoms with E-state index in [1.54, 1.807) is 0 Å². The second kappa shape index (κ2) is 5.05. The fraction of sp³-hybridized carbons (Fsp3) is 0.462. The molecule has 0 fully saturated rings. The Morgan fingerprint density at radius 2 is 2.28 bits per heavy atom. The van der Waals surface area contributed by atoms with Crippen molar-refractivity contribution >= 4 is 11.8 Å². The zero-order valence-electron chi connectivity index (χ0n) is 10.2. The van der Waals surface area contributed by atoms with E-state index in [0.29, 0.717) is 11.4 Å². The molecule has 0 bridgehead atoms. The van der Waals surface area contributed by atoms with E-state index in [4.69, 9.17) is 10.4 Å². The van der Waals surface area contributed by atoms with Gasteiger partial charge in [0.05, 0.1) is 5.56 Å². The average Bonchev–Trinajstić information content (AvgIpc) is 2.37. The van der Waals surface area contributed by atoms with Crippen LogP contribution in [-0.4, -0.2) is 22.1 Å². The maximum absolute atomic E-state index is 10.8. The molecule has 0 saturated carbocycles. The Kier molecular flexibility index (Phi) is 3.47. The van der Waals surface area contributed by atoms with Gasteiger partial charge in [-0.25, -0.2) is 4.98 Å². The number of carboxylic acids is 1. The number of nitriles is 1. The molecule has 1 aromatic heterocycles. The highest BCUT2D eigenvalue weighted by Crippen LogP contribution is 2.24. The minimum Gasteiger partial charge on any atom is -0.480 e. The van der Waals surface area contributed by atoms with Crippen LogP contribution in [-0.2, 0) is 17.6 Å². The highest BCUT2D eigenvalue weighted by Gasteiger charge is 2.18. The van der Waals surface area contributed by atoms with E-state index < -0.39 is 12.0 Å². The van der Waals surface area contributed by atoms with Crippen molar-refractivity contribution in [2.75, 3.05) is 5.32 Å². The van der Waals surface area contributed by atoms with Crippen molar-refractivity contribution in [3.05, 3.63) is 22.9 Å². The first kappa shape index (κ1) is 12.4. The minimum absolute atomic E-state index is 0.382. The van der Waals surface area contributed by atoms with Gasteiger partial charge in [-0.05, 0) is 44.2 Å². The van der Waals surface area contributed by atoms with Crippen LogP contribution in [0, 0.1) is 11.3 Å². The number of nitrogens with zero attached hydrogens (tertiary/aromatic N) is 2. The predicted molar refractivity (Wildman–Crippen MR) is 66.3 cm³/mol. The third kappa shape index (κ3) is 2.43. The van der Waals surface area contributed by atoms with Gasteiger partial charge in [0.15, 0.2) is 0 Å². The van der Waals surface area contributed by atoms with Crippen molar-refractivity contribution in [1.29, 1.82) is 5.26 Å². The zero-order valence-corrected chi connectivity index (χ0v) is 10.2. The molecule has 0 saturated heterocycles. The van der Waals surface area contributed by atoms with Crippen LogP contribution in [0.1, 0.15) is 36.6 Å². The van der Waals surface area contributed by atoms with Crippen LogP contribution in [0.5, 0.6) is 0 Å². The number of rotatable bonds is 3. The van der Waals surface area contributed by atoms with Crippen molar-refractivity contribution < 1.29 is 9.90 Å². The molecule has 1 aliphatic carbocycles. The molecule has 1 atom stereocenters. The molecule has 0 aliphatic heterocycles. The second-order valence-electron chi connectivity index (χ2n) is 4.51. The molecule has 2 N–H and O–H groups in total. The summed E-state index contributed by atoms with van der Waals surface area (Å²) in [5, 5.41) is 20.7. The molecule has 94 valence electrons. The van der Waals surface area contributed by atoms with E-state index in [1.165, 1.54) is 6.92 Å². The first-order chi connectivity index (χ1) is 8.61. The lowest BCUT2D eigenvalue weighted by atomic mass is 9.95. The Balaban J connectivity index is 2.34. The van der Waals surface area contributed by atoms with Crippen LogP contribution in [0.25, 0.3) is 0 Å². The number of aromatic nitrogens is 1. The van der Waals surface area contributed by atoms with E-state index in [2.05, 4.69) is 16.4 Å². The van der Waals surface area contributed by atoms with Crippen LogP contribution in [0.2, 0.25) is 0 Å². The number of hydrogen-bond donors (Lipinski definition) is 2.